The maximum Gasteiger partial charge on any atom is 0.141 e. The number of hydrazine groups is 1. The van der Waals surface area contributed by atoms with E-state index in [9.17, 15) is 0 Å². The van der Waals surface area contributed by atoms with Crippen LogP contribution in [0.2, 0.25) is 0 Å². The normalized spacial score (nSPS) is 26.7. The van der Waals surface area contributed by atoms with Gasteiger partial charge in [-0.15, -0.1) is 0 Å². The summed E-state index contributed by atoms with van der Waals surface area (Å²) in [5, 5.41) is 4.08. The SMILES string of the molecule is CC=C(C)C1N=CN(C)N1C. The summed E-state index contributed by atoms with van der Waals surface area (Å²) in [7, 11) is 4.02. The van der Waals surface area contributed by atoms with E-state index in [1.54, 1.807) is 0 Å². The first-order valence-electron chi connectivity index (χ1n) is 3.78. The quantitative estimate of drug-likeness (QED) is 0.525. The average Bonchev–Trinajstić information content (AvgIpc) is 2.32. The molecular formula is C8H15N3. The molecule has 3 heteroatoms. The molecule has 0 aromatic carbocycles. The van der Waals surface area contributed by atoms with Crippen LogP contribution < -0.4 is 0 Å². The van der Waals surface area contributed by atoms with Gasteiger partial charge in [-0.05, 0) is 19.4 Å². The van der Waals surface area contributed by atoms with Gasteiger partial charge in [0, 0.05) is 14.1 Å². The molecule has 0 bridgehead atoms. The Morgan fingerprint density at radius 3 is 2.55 bits per heavy atom. The molecule has 0 saturated carbocycles. The summed E-state index contributed by atoms with van der Waals surface area (Å²) >= 11 is 0. The first-order chi connectivity index (χ1) is 5.16. The van der Waals surface area contributed by atoms with E-state index < -0.39 is 0 Å². The Hall–Kier alpha value is -0.830. The van der Waals surface area contributed by atoms with Gasteiger partial charge < -0.3 is 0 Å². The molecule has 3 nitrogen and oxygen atoms in total. The third-order valence-corrected chi connectivity index (χ3v) is 2.09. The van der Waals surface area contributed by atoms with Crippen LogP contribution in [0.5, 0.6) is 0 Å². The highest BCUT2D eigenvalue weighted by Crippen LogP contribution is 2.14. The molecule has 0 N–H and O–H groups in total. The van der Waals surface area contributed by atoms with Gasteiger partial charge in [-0.25, -0.2) is 4.99 Å². The van der Waals surface area contributed by atoms with Crippen LogP contribution >= 0.6 is 0 Å². The van der Waals surface area contributed by atoms with Crippen molar-refractivity contribution in [2.24, 2.45) is 4.99 Å². The summed E-state index contributed by atoms with van der Waals surface area (Å²) in [6.45, 7) is 4.13. The fourth-order valence-electron chi connectivity index (χ4n) is 1.07. The summed E-state index contributed by atoms with van der Waals surface area (Å²) in [5.41, 5.74) is 1.29. The number of aliphatic imine (C=N–C) groups is 1. The predicted octanol–water partition coefficient (Wildman–Crippen LogP) is 1.10. The lowest BCUT2D eigenvalue weighted by atomic mass is 10.2. The maximum atomic E-state index is 4.33. The molecule has 0 aromatic rings. The predicted molar refractivity (Wildman–Crippen MR) is 47.2 cm³/mol. The maximum absolute atomic E-state index is 4.33. The highest BCUT2D eigenvalue weighted by molar-refractivity contribution is 5.56. The summed E-state index contributed by atoms with van der Waals surface area (Å²) in [5.74, 6) is 0. The Balaban J connectivity index is 2.70. The second kappa shape index (κ2) is 3.05. The molecule has 0 fully saturated rings. The van der Waals surface area contributed by atoms with Gasteiger partial charge in [0.05, 0.1) is 0 Å². The first-order valence-corrected chi connectivity index (χ1v) is 3.78. The standard InChI is InChI=1S/C8H15N3/c1-5-7(2)8-9-6-10(3)11(8)4/h5-6,8H,1-4H3. The summed E-state index contributed by atoms with van der Waals surface area (Å²) in [6, 6.07) is 0. The Morgan fingerprint density at radius 1 is 1.55 bits per heavy atom. The van der Waals surface area contributed by atoms with Crippen LogP contribution in [0.3, 0.4) is 0 Å². The van der Waals surface area contributed by atoms with Crippen molar-refractivity contribution in [3.05, 3.63) is 11.6 Å². The Kier molecular flexibility index (Phi) is 2.29. The fraction of sp³-hybridized carbons (Fsp3) is 0.625. The Labute approximate surface area is 68.0 Å². The van der Waals surface area contributed by atoms with E-state index in [4.69, 9.17) is 0 Å². The molecule has 0 aromatic heterocycles. The molecule has 62 valence electrons. The second-order valence-electron chi connectivity index (χ2n) is 2.82. The van der Waals surface area contributed by atoms with Crippen LogP contribution in [0.15, 0.2) is 16.6 Å². The number of hydrogen-bond donors (Lipinski definition) is 0. The topological polar surface area (TPSA) is 18.8 Å². The van der Waals surface area contributed by atoms with E-state index in [0.717, 1.165) is 0 Å². The Morgan fingerprint density at radius 2 is 2.18 bits per heavy atom. The molecular weight excluding hydrogens is 138 g/mol. The van der Waals surface area contributed by atoms with E-state index in [2.05, 4.69) is 23.0 Å². The molecule has 0 spiro atoms. The molecule has 1 aliphatic heterocycles. The van der Waals surface area contributed by atoms with Gasteiger partial charge in [-0.2, -0.15) is 5.01 Å². The summed E-state index contributed by atoms with van der Waals surface area (Å²) in [4.78, 5) is 4.33. The van der Waals surface area contributed by atoms with Crippen molar-refractivity contribution in [1.82, 2.24) is 10.0 Å². The molecule has 1 atom stereocenters. The van der Waals surface area contributed by atoms with Gasteiger partial charge in [0.25, 0.3) is 0 Å². The number of allylic oxidation sites excluding steroid dienone is 1. The minimum absolute atomic E-state index is 0.213. The number of rotatable bonds is 1. The second-order valence-corrected chi connectivity index (χ2v) is 2.82. The van der Waals surface area contributed by atoms with Crippen molar-refractivity contribution in [3.63, 3.8) is 0 Å². The van der Waals surface area contributed by atoms with Crippen molar-refractivity contribution in [2.75, 3.05) is 14.1 Å². The van der Waals surface area contributed by atoms with Crippen molar-refractivity contribution in [3.8, 4) is 0 Å². The molecule has 1 unspecified atom stereocenters. The summed E-state index contributed by atoms with van der Waals surface area (Å²) in [6.07, 6.45) is 4.15. The molecule has 11 heavy (non-hydrogen) atoms. The lowest BCUT2D eigenvalue weighted by Gasteiger charge is -2.24. The fourth-order valence-corrected chi connectivity index (χ4v) is 1.07. The zero-order valence-corrected chi connectivity index (χ0v) is 7.57. The van der Waals surface area contributed by atoms with Gasteiger partial charge in [0.15, 0.2) is 0 Å². The number of likely N-dealkylation sites (N-methyl/N-ethyl adjacent to an activating group) is 1. The zero-order chi connectivity index (χ0) is 8.43. The zero-order valence-electron chi connectivity index (χ0n) is 7.57. The van der Waals surface area contributed by atoms with Crippen LogP contribution in [-0.4, -0.2) is 36.6 Å². The highest BCUT2D eigenvalue weighted by atomic mass is 15.7. The van der Waals surface area contributed by atoms with E-state index in [0.29, 0.717) is 0 Å². The lowest BCUT2D eigenvalue weighted by Crippen LogP contribution is -2.36. The minimum atomic E-state index is 0.213. The largest absolute Gasteiger partial charge is 0.297 e. The molecule has 1 heterocycles. The van der Waals surface area contributed by atoms with Gasteiger partial charge >= 0.3 is 0 Å². The third-order valence-electron chi connectivity index (χ3n) is 2.09. The molecule has 0 aliphatic carbocycles. The number of hydrogen-bond acceptors (Lipinski definition) is 3. The summed E-state index contributed by atoms with van der Waals surface area (Å²) < 4.78 is 0. The molecule has 0 amide bonds. The number of nitrogens with zero attached hydrogens (tertiary/aromatic N) is 3. The molecule has 0 radical (unpaired) electrons. The highest BCUT2D eigenvalue weighted by Gasteiger charge is 2.21. The van der Waals surface area contributed by atoms with Crippen LogP contribution in [-0.2, 0) is 0 Å². The average molecular weight is 153 g/mol. The smallest absolute Gasteiger partial charge is 0.141 e. The van der Waals surface area contributed by atoms with Gasteiger partial charge in [0.2, 0.25) is 0 Å². The van der Waals surface area contributed by atoms with Crippen molar-refractivity contribution in [1.29, 1.82) is 0 Å². The van der Waals surface area contributed by atoms with Crippen LogP contribution in [0.1, 0.15) is 13.8 Å². The van der Waals surface area contributed by atoms with Crippen LogP contribution in [0.4, 0.5) is 0 Å². The third kappa shape index (κ3) is 1.43. The van der Waals surface area contributed by atoms with E-state index in [-0.39, 0.29) is 6.17 Å². The molecule has 0 saturated heterocycles. The molecule has 1 aliphatic rings. The van der Waals surface area contributed by atoms with E-state index in [1.165, 1.54) is 5.57 Å². The lowest BCUT2D eigenvalue weighted by molar-refractivity contribution is 0.103. The van der Waals surface area contributed by atoms with Crippen LogP contribution in [0.25, 0.3) is 0 Å². The van der Waals surface area contributed by atoms with Crippen molar-refractivity contribution in [2.45, 2.75) is 20.0 Å². The first kappa shape index (κ1) is 8.27. The molecule has 1 rings (SSSR count). The van der Waals surface area contributed by atoms with Gasteiger partial charge in [-0.1, -0.05) is 6.08 Å². The van der Waals surface area contributed by atoms with Gasteiger partial charge in [-0.3, -0.25) is 5.01 Å². The van der Waals surface area contributed by atoms with Gasteiger partial charge in [0.1, 0.15) is 12.5 Å². The Bertz CT molecular complexity index is 196. The van der Waals surface area contributed by atoms with Crippen molar-refractivity contribution < 1.29 is 0 Å². The minimum Gasteiger partial charge on any atom is -0.297 e. The van der Waals surface area contributed by atoms with Crippen molar-refractivity contribution >= 4 is 6.34 Å². The van der Waals surface area contributed by atoms with E-state index in [1.807, 2.05) is 32.4 Å². The van der Waals surface area contributed by atoms with E-state index >= 15 is 0 Å². The van der Waals surface area contributed by atoms with Crippen LogP contribution in [0, 0.1) is 0 Å². The monoisotopic (exact) mass is 153 g/mol.